The van der Waals surface area contributed by atoms with Crippen molar-refractivity contribution in [1.29, 1.82) is 0 Å². The maximum atomic E-state index is 12.1. The molecule has 2 rings (SSSR count). The van der Waals surface area contributed by atoms with Gasteiger partial charge in [0.1, 0.15) is 5.70 Å². The van der Waals surface area contributed by atoms with Gasteiger partial charge in [0.2, 0.25) is 0 Å². The second-order valence-corrected chi connectivity index (χ2v) is 4.98. The molecule has 2 aromatic carbocycles. The Hall–Kier alpha value is -3.14. The Morgan fingerprint density at radius 1 is 0.957 bits per heavy atom. The fourth-order valence-corrected chi connectivity index (χ4v) is 2.02. The molecule has 0 fully saturated rings. The molecule has 0 radical (unpaired) electrons. The lowest BCUT2D eigenvalue weighted by atomic mass is 10.1. The van der Waals surface area contributed by atoms with Gasteiger partial charge in [-0.15, -0.1) is 0 Å². The van der Waals surface area contributed by atoms with Crippen LogP contribution in [0.25, 0.3) is 6.08 Å². The number of carboxylic acid groups (broad SMARTS) is 1. The smallest absolute Gasteiger partial charge is 0.352 e. The van der Waals surface area contributed by atoms with Gasteiger partial charge < -0.3 is 10.4 Å². The van der Waals surface area contributed by atoms with Crippen molar-refractivity contribution in [1.82, 2.24) is 5.32 Å². The van der Waals surface area contributed by atoms with Gasteiger partial charge >= 0.3 is 5.97 Å². The molecule has 4 nitrogen and oxygen atoms in total. The van der Waals surface area contributed by atoms with Gasteiger partial charge in [-0.1, -0.05) is 54.6 Å². The van der Waals surface area contributed by atoms with E-state index in [2.05, 4.69) is 5.32 Å². The number of amides is 1. The fraction of sp³-hybridized carbons (Fsp3) is 0.0526. The van der Waals surface area contributed by atoms with Crippen LogP contribution in [0, 0.1) is 0 Å². The minimum Gasteiger partial charge on any atom is -0.477 e. The van der Waals surface area contributed by atoms with Gasteiger partial charge in [0.05, 0.1) is 0 Å². The summed E-state index contributed by atoms with van der Waals surface area (Å²) in [6.45, 7) is 1.78. The number of allylic oxidation sites excluding steroid dienone is 2. The van der Waals surface area contributed by atoms with Crippen molar-refractivity contribution in [2.24, 2.45) is 0 Å². The summed E-state index contributed by atoms with van der Waals surface area (Å²) in [5, 5.41) is 11.7. The van der Waals surface area contributed by atoms with Gasteiger partial charge in [-0.3, -0.25) is 4.79 Å². The molecule has 0 aliphatic carbocycles. The molecule has 0 atom stereocenters. The summed E-state index contributed by atoms with van der Waals surface area (Å²) in [5.74, 6) is -1.64. The number of hydrogen-bond donors (Lipinski definition) is 2. The van der Waals surface area contributed by atoms with Crippen LogP contribution in [0.15, 0.2) is 78.0 Å². The van der Waals surface area contributed by atoms with E-state index in [0.29, 0.717) is 5.56 Å². The predicted octanol–water partition coefficient (Wildman–Crippen LogP) is 3.49. The number of aliphatic carboxylic acids is 1. The standard InChI is InChI=1S/C19H17NO3/c1-14(12-15-8-4-2-5-9-15)13-17(19(22)23)20-18(21)16-10-6-3-7-11-16/h2-13H,1H3,(H,20,21)(H,22,23)/b14-12+,17-13-. The topological polar surface area (TPSA) is 66.4 Å². The normalized spacial score (nSPS) is 11.9. The van der Waals surface area contributed by atoms with Crippen molar-refractivity contribution in [3.05, 3.63) is 89.1 Å². The molecule has 0 spiro atoms. The Balaban J connectivity index is 2.19. The van der Waals surface area contributed by atoms with Crippen molar-refractivity contribution < 1.29 is 14.7 Å². The van der Waals surface area contributed by atoms with Gasteiger partial charge in [-0.25, -0.2) is 4.79 Å². The van der Waals surface area contributed by atoms with Crippen molar-refractivity contribution in [3.8, 4) is 0 Å². The Bertz CT molecular complexity index is 747. The van der Waals surface area contributed by atoms with E-state index >= 15 is 0 Å². The lowest BCUT2D eigenvalue weighted by Gasteiger charge is -2.06. The van der Waals surface area contributed by atoms with Crippen LogP contribution in [0.3, 0.4) is 0 Å². The first-order chi connectivity index (χ1) is 11.1. The van der Waals surface area contributed by atoms with E-state index in [4.69, 9.17) is 0 Å². The van der Waals surface area contributed by atoms with E-state index in [9.17, 15) is 14.7 Å². The van der Waals surface area contributed by atoms with Crippen molar-refractivity contribution in [3.63, 3.8) is 0 Å². The average molecular weight is 307 g/mol. The summed E-state index contributed by atoms with van der Waals surface area (Å²) in [5.41, 5.74) is 1.93. The van der Waals surface area contributed by atoms with Gasteiger partial charge in [0, 0.05) is 5.56 Å². The molecule has 4 heteroatoms. The Morgan fingerprint density at radius 3 is 2.09 bits per heavy atom. The summed E-state index contributed by atoms with van der Waals surface area (Å²) in [6.07, 6.45) is 3.29. The molecule has 0 aliphatic rings. The summed E-state index contributed by atoms with van der Waals surface area (Å²) in [6, 6.07) is 18.0. The third-order valence-electron chi connectivity index (χ3n) is 3.08. The summed E-state index contributed by atoms with van der Waals surface area (Å²) >= 11 is 0. The molecule has 116 valence electrons. The predicted molar refractivity (Wildman–Crippen MR) is 89.7 cm³/mol. The van der Waals surface area contributed by atoms with E-state index in [1.165, 1.54) is 6.08 Å². The van der Waals surface area contributed by atoms with Crippen molar-refractivity contribution in [2.75, 3.05) is 0 Å². The molecule has 0 aliphatic heterocycles. The van der Waals surface area contributed by atoms with E-state index in [-0.39, 0.29) is 5.70 Å². The van der Waals surface area contributed by atoms with E-state index in [1.807, 2.05) is 36.4 Å². The Morgan fingerprint density at radius 2 is 1.52 bits per heavy atom. The van der Waals surface area contributed by atoms with Crippen LogP contribution < -0.4 is 5.32 Å². The molecule has 2 aromatic rings. The van der Waals surface area contributed by atoms with Gasteiger partial charge in [-0.2, -0.15) is 0 Å². The number of rotatable bonds is 5. The fourth-order valence-electron chi connectivity index (χ4n) is 2.02. The first-order valence-electron chi connectivity index (χ1n) is 7.11. The lowest BCUT2D eigenvalue weighted by Crippen LogP contribution is -2.27. The average Bonchev–Trinajstić information content (AvgIpc) is 2.55. The van der Waals surface area contributed by atoms with E-state index < -0.39 is 11.9 Å². The minimum atomic E-state index is -1.19. The Labute approximate surface area is 134 Å². The zero-order chi connectivity index (χ0) is 16.7. The van der Waals surface area contributed by atoms with Crippen LogP contribution in [0.4, 0.5) is 0 Å². The second-order valence-electron chi connectivity index (χ2n) is 4.98. The molecular weight excluding hydrogens is 290 g/mol. The number of carbonyl (C=O) groups is 2. The van der Waals surface area contributed by atoms with Gasteiger partial charge in [-0.05, 0) is 36.3 Å². The molecule has 2 N–H and O–H groups in total. The van der Waals surface area contributed by atoms with Crippen LogP contribution in [-0.2, 0) is 4.79 Å². The largest absolute Gasteiger partial charge is 0.477 e. The summed E-state index contributed by atoms with van der Waals surface area (Å²) in [4.78, 5) is 23.4. The maximum Gasteiger partial charge on any atom is 0.352 e. The first-order valence-corrected chi connectivity index (χ1v) is 7.11. The highest BCUT2D eigenvalue weighted by molar-refractivity contribution is 6.00. The maximum absolute atomic E-state index is 12.1. The van der Waals surface area contributed by atoms with Crippen LogP contribution in [0.5, 0.6) is 0 Å². The third-order valence-corrected chi connectivity index (χ3v) is 3.08. The molecular formula is C19H17NO3. The number of nitrogens with one attached hydrogen (secondary N) is 1. The number of benzene rings is 2. The van der Waals surface area contributed by atoms with Crippen molar-refractivity contribution >= 4 is 18.0 Å². The highest BCUT2D eigenvalue weighted by atomic mass is 16.4. The van der Waals surface area contributed by atoms with Crippen molar-refractivity contribution in [2.45, 2.75) is 6.92 Å². The number of carbonyl (C=O) groups excluding carboxylic acids is 1. The van der Waals surface area contributed by atoms with Crippen LogP contribution >= 0.6 is 0 Å². The monoisotopic (exact) mass is 307 g/mol. The molecule has 0 bridgehead atoms. The van der Waals surface area contributed by atoms with E-state index in [0.717, 1.165) is 11.1 Å². The SMILES string of the molecule is CC(/C=C(\NC(=O)c1ccccc1)C(=O)O)=C\c1ccccc1. The molecule has 1 amide bonds. The number of hydrogen-bond acceptors (Lipinski definition) is 2. The van der Waals surface area contributed by atoms with E-state index in [1.54, 1.807) is 37.3 Å². The quantitative estimate of drug-likeness (QED) is 0.656. The van der Waals surface area contributed by atoms with Gasteiger partial charge in [0.15, 0.2) is 0 Å². The van der Waals surface area contributed by atoms with Gasteiger partial charge in [0.25, 0.3) is 5.91 Å². The molecule has 0 heterocycles. The molecule has 23 heavy (non-hydrogen) atoms. The second kappa shape index (κ2) is 7.75. The van der Waals surface area contributed by atoms with Crippen LogP contribution in [0.1, 0.15) is 22.8 Å². The molecule has 0 unspecified atom stereocenters. The molecule has 0 saturated carbocycles. The zero-order valence-corrected chi connectivity index (χ0v) is 12.7. The highest BCUT2D eigenvalue weighted by Crippen LogP contribution is 2.09. The zero-order valence-electron chi connectivity index (χ0n) is 12.7. The summed E-state index contributed by atoms with van der Waals surface area (Å²) in [7, 11) is 0. The number of carboxylic acids is 1. The lowest BCUT2D eigenvalue weighted by molar-refractivity contribution is -0.133. The minimum absolute atomic E-state index is 0.163. The summed E-state index contributed by atoms with van der Waals surface area (Å²) < 4.78 is 0. The third kappa shape index (κ3) is 4.97. The Kier molecular flexibility index (Phi) is 5.47. The first kappa shape index (κ1) is 16.2. The molecule has 0 saturated heterocycles. The van der Waals surface area contributed by atoms with Crippen LogP contribution in [0.2, 0.25) is 0 Å². The highest BCUT2D eigenvalue weighted by Gasteiger charge is 2.12. The molecule has 0 aromatic heterocycles. The van der Waals surface area contributed by atoms with Crippen LogP contribution in [-0.4, -0.2) is 17.0 Å².